The van der Waals surface area contributed by atoms with E-state index >= 15 is 0 Å². The Morgan fingerprint density at radius 2 is 1.81 bits per heavy atom. The van der Waals surface area contributed by atoms with Crippen LogP contribution in [0.1, 0.15) is 5.56 Å². The van der Waals surface area contributed by atoms with Gasteiger partial charge in [0.2, 0.25) is 0 Å². The van der Waals surface area contributed by atoms with E-state index < -0.39 is 11.7 Å². The third-order valence-corrected chi connectivity index (χ3v) is 4.08. The lowest BCUT2D eigenvalue weighted by molar-refractivity contribution is -0.114. The Morgan fingerprint density at radius 1 is 1.19 bits per heavy atom. The molecule has 1 heterocycles. The van der Waals surface area contributed by atoms with Crippen LogP contribution in [-0.2, 0) is 4.79 Å². The van der Waals surface area contributed by atoms with Crippen molar-refractivity contribution >= 4 is 23.5 Å². The normalized spacial score (nSPS) is 15.9. The zero-order valence-electron chi connectivity index (χ0n) is 14.4. The van der Waals surface area contributed by atoms with Gasteiger partial charge < -0.3 is 10.5 Å². The fourth-order valence-corrected chi connectivity index (χ4v) is 2.67. The number of carbonyl (C=O) groups is 1. The average Bonchev–Trinajstić information content (AvgIpc) is 2.67. The highest BCUT2D eigenvalue weighted by atomic mass is 19.1. The molecule has 2 aromatic carbocycles. The summed E-state index contributed by atoms with van der Waals surface area (Å²) in [6, 6.07) is 13.9. The van der Waals surface area contributed by atoms with Crippen molar-refractivity contribution in [2.45, 2.75) is 0 Å². The van der Waals surface area contributed by atoms with Crippen LogP contribution in [0.25, 0.3) is 6.08 Å². The van der Waals surface area contributed by atoms with Gasteiger partial charge in [0.1, 0.15) is 29.0 Å². The molecule has 134 valence electrons. The summed E-state index contributed by atoms with van der Waals surface area (Å²) in [5.41, 5.74) is 6.87. The van der Waals surface area contributed by atoms with Gasteiger partial charge in [-0.15, -0.1) is 0 Å². The number of nitrogens with one attached hydrogen (secondary N) is 1. The predicted molar refractivity (Wildman–Crippen MR) is 99.4 cm³/mol. The van der Waals surface area contributed by atoms with Crippen LogP contribution < -0.4 is 15.4 Å². The van der Waals surface area contributed by atoms with Crippen LogP contribution in [0.4, 0.5) is 10.1 Å². The molecule has 1 aliphatic rings. The van der Waals surface area contributed by atoms with Crippen molar-refractivity contribution in [3.63, 3.8) is 0 Å². The van der Waals surface area contributed by atoms with Gasteiger partial charge in [-0.25, -0.2) is 4.39 Å². The number of rotatable bonds is 3. The Kier molecular flexibility index (Phi) is 4.73. The Hall–Kier alpha value is -3.92. The second-order valence-electron chi connectivity index (χ2n) is 5.70. The van der Waals surface area contributed by atoms with E-state index in [0.717, 1.165) is 4.90 Å². The van der Waals surface area contributed by atoms with Crippen molar-refractivity contribution in [2.24, 2.45) is 5.73 Å². The standard InChI is InChI=1S/C20H15FN4O2/c1-27-15-8-2-12(3-9-15)10-16-18(23)17(11-22)20(26)25(19(16)24)14-6-4-13(21)5-7-14/h2-10,24H,23H2,1H3/b16-10-,24-19?. The van der Waals surface area contributed by atoms with E-state index in [0.29, 0.717) is 11.3 Å². The lowest BCUT2D eigenvalue weighted by Gasteiger charge is -2.29. The minimum Gasteiger partial charge on any atom is -0.497 e. The van der Waals surface area contributed by atoms with Crippen molar-refractivity contribution in [3.05, 3.63) is 76.8 Å². The van der Waals surface area contributed by atoms with Crippen molar-refractivity contribution in [2.75, 3.05) is 12.0 Å². The summed E-state index contributed by atoms with van der Waals surface area (Å²) >= 11 is 0. The number of nitrogens with zero attached hydrogens (tertiary/aromatic N) is 2. The molecule has 1 aliphatic heterocycles. The molecule has 0 unspecified atom stereocenters. The number of halogens is 1. The molecule has 0 aliphatic carbocycles. The molecule has 0 bridgehead atoms. The molecular weight excluding hydrogens is 347 g/mol. The fourth-order valence-electron chi connectivity index (χ4n) is 2.67. The molecule has 0 radical (unpaired) electrons. The number of ether oxygens (including phenoxy) is 1. The summed E-state index contributed by atoms with van der Waals surface area (Å²) in [4.78, 5) is 13.7. The first-order valence-electron chi connectivity index (χ1n) is 7.91. The Morgan fingerprint density at radius 3 is 2.37 bits per heavy atom. The van der Waals surface area contributed by atoms with Gasteiger partial charge in [-0.05, 0) is 48.0 Å². The van der Waals surface area contributed by atoms with Crippen LogP contribution in [0.15, 0.2) is 65.4 Å². The molecule has 3 N–H and O–H groups in total. The molecule has 0 spiro atoms. The van der Waals surface area contributed by atoms with Crippen molar-refractivity contribution < 1.29 is 13.9 Å². The first kappa shape index (κ1) is 17.9. The van der Waals surface area contributed by atoms with Gasteiger partial charge in [-0.2, -0.15) is 5.26 Å². The summed E-state index contributed by atoms with van der Waals surface area (Å²) < 4.78 is 18.3. The van der Waals surface area contributed by atoms with E-state index in [-0.39, 0.29) is 28.4 Å². The van der Waals surface area contributed by atoms with Crippen molar-refractivity contribution in [1.29, 1.82) is 10.7 Å². The van der Waals surface area contributed by atoms with Crippen LogP contribution in [0.3, 0.4) is 0 Å². The molecule has 2 aromatic rings. The predicted octanol–water partition coefficient (Wildman–Crippen LogP) is 2.98. The number of hydrogen-bond donors (Lipinski definition) is 2. The summed E-state index contributed by atoms with van der Waals surface area (Å²) in [6.07, 6.45) is 1.61. The summed E-state index contributed by atoms with van der Waals surface area (Å²) in [5, 5.41) is 17.8. The number of nitriles is 1. The summed E-state index contributed by atoms with van der Waals surface area (Å²) in [7, 11) is 1.55. The monoisotopic (exact) mass is 362 g/mol. The van der Waals surface area contributed by atoms with E-state index in [4.69, 9.17) is 15.9 Å². The number of carbonyl (C=O) groups excluding carboxylic acids is 1. The van der Waals surface area contributed by atoms with Gasteiger partial charge in [0.25, 0.3) is 5.91 Å². The maximum atomic E-state index is 13.2. The first-order valence-corrected chi connectivity index (χ1v) is 7.91. The third kappa shape index (κ3) is 3.28. The molecule has 3 rings (SSSR count). The zero-order chi connectivity index (χ0) is 19.6. The highest BCUT2D eigenvalue weighted by Gasteiger charge is 2.34. The van der Waals surface area contributed by atoms with Crippen molar-refractivity contribution in [3.8, 4) is 11.8 Å². The molecule has 6 nitrogen and oxygen atoms in total. The van der Waals surface area contributed by atoms with Gasteiger partial charge in [-0.3, -0.25) is 15.1 Å². The Balaban J connectivity index is 2.11. The molecule has 0 atom stereocenters. The molecule has 0 saturated heterocycles. The zero-order valence-corrected chi connectivity index (χ0v) is 14.4. The highest BCUT2D eigenvalue weighted by molar-refractivity contribution is 6.33. The summed E-state index contributed by atoms with van der Waals surface area (Å²) in [5.74, 6) is -0.725. The van der Waals surface area contributed by atoms with Gasteiger partial charge in [0.15, 0.2) is 0 Å². The van der Waals surface area contributed by atoms with Crippen LogP contribution in [-0.4, -0.2) is 18.9 Å². The second kappa shape index (κ2) is 7.14. The van der Waals surface area contributed by atoms with Crippen LogP contribution in [0, 0.1) is 22.6 Å². The minimum absolute atomic E-state index is 0.0679. The van der Waals surface area contributed by atoms with Crippen molar-refractivity contribution in [1.82, 2.24) is 0 Å². The topological polar surface area (TPSA) is 103 Å². The van der Waals surface area contributed by atoms with Gasteiger partial charge in [0, 0.05) is 5.57 Å². The number of anilines is 1. The largest absolute Gasteiger partial charge is 0.497 e. The third-order valence-electron chi connectivity index (χ3n) is 4.08. The summed E-state index contributed by atoms with van der Waals surface area (Å²) in [6.45, 7) is 0. The molecule has 1 amide bonds. The Bertz CT molecular complexity index is 1020. The SMILES string of the molecule is COc1ccc(/C=C2\C(=N)N(c3ccc(F)cc3)C(=O)C(C#N)=C2N)cc1. The first-order chi connectivity index (χ1) is 13.0. The maximum Gasteiger partial charge on any atom is 0.276 e. The van der Waals surface area contributed by atoms with Crippen LogP contribution in [0.5, 0.6) is 5.75 Å². The van der Waals surface area contributed by atoms with Gasteiger partial charge in [0.05, 0.1) is 18.5 Å². The van der Waals surface area contributed by atoms with Gasteiger partial charge in [-0.1, -0.05) is 12.1 Å². The Labute approximate surface area is 155 Å². The van der Waals surface area contributed by atoms with Crippen LogP contribution >= 0.6 is 0 Å². The number of methoxy groups -OCH3 is 1. The lowest BCUT2D eigenvalue weighted by Crippen LogP contribution is -2.44. The van der Waals surface area contributed by atoms with E-state index in [2.05, 4.69) is 0 Å². The number of amides is 1. The number of hydrogen-bond acceptors (Lipinski definition) is 5. The van der Waals surface area contributed by atoms with E-state index in [1.807, 2.05) is 0 Å². The van der Waals surface area contributed by atoms with E-state index in [1.54, 1.807) is 43.5 Å². The molecular formula is C20H15FN4O2. The lowest BCUT2D eigenvalue weighted by atomic mass is 9.97. The van der Waals surface area contributed by atoms with E-state index in [1.165, 1.54) is 24.3 Å². The van der Waals surface area contributed by atoms with Gasteiger partial charge >= 0.3 is 0 Å². The fraction of sp³-hybridized carbons (Fsp3) is 0.0500. The molecule has 7 heteroatoms. The molecule has 0 saturated carbocycles. The maximum absolute atomic E-state index is 13.2. The highest BCUT2D eigenvalue weighted by Crippen LogP contribution is 2.29. The smallest absolute Gasteiger partial charge is 0.276 e. The number of benzene rings is 2. The number of nitrogens with two attached hydrogens (primary N) is 1. The minimum atomic E-state index is -0.724. The van der Waals surface area contributed by atoms with E-state index in [9.17, 15) is 14.4 Å². The second-order valence-corrected chi connectivity index (χ2v) is 5.70. The average molecular weight is 362 g/mol. The molecule has 27 heavy (non-hydrogen) atoms. The number of amidine groups is 1. The van der Waals surface area contributed by atoms with Crippen LogP contribution in [0.2, 0.25) is 0 Å². The quantitative estimate of drug-likeness (QED) is 0.876. The molecule has 0 aromatic heterocycles. The molecule has 0 fully saturated rings.